The van der Waals surface area contributed by atoms with Crippen LogP contribution in [0.3, 0.4) is 0 Å². The van der Waals surface area contributed by atoms with Crippen LogP contribution in [0.15, 0.2) is 58.2 Å². The minimum absolute atomic E-state index is 0.0543. The predicted octanol–water partition coefficient (Wildman–Crippen LogP) is 1.78. The van der Waals surface area contributed by atoms with Gasteiger partial charge in [0.25, 0.3) is 0 Å². The van der Waals surface area contributed by atoms with Gasteiger partial charge in [-0.25, -0.2) is 5.43 Å². The number of carbonyl (C=O) groups excluding carboxylic acids is 2. The lowest BCUT2D eigenvalue weighted by atomic mass is 10.1. The van der Waals surface area contributed by atoms with Gasteiger partial charge in [0.2, 0.25) is 11.8 Å². The first kappa shape index (κ1) is 14.1. The predicted molar refractivity (Wildman–Crippen MR) is 81.3 cm³/mol. The van der Waals surface area contributed by atoms with Crippen molar-refractivity contribution in [2.75, 3.05) is 11.4 Å². The summed E-state index contributed by atoms with van der Waals surface area (Å²) in [5.41, 5.74) is 3.25. The molecule has 6 nitrogen and oxygen atoms in total. The Morgan fingerprint density at radius 2 is 2.09 bits per heavy atom. The highest BCUT2D eigenvalue weighted by Crippen LogP contribution is 2.24. The third kappa shape index (κ3) is 3.06. The highest BCUT2D eigenvalue weighted by molar-refractivity contribution is 6.00. The number of amides is 2. The van der Waals surface area contributed by atoms with Crippen molar-refractivity contribution in [2.24, 2.45) is 11.0 Å². The first-order valence-electron chi connectivity index (χ1n) is 6.96. The molecule has 2 amide bonds. The highest BCUT2D eigenvalue weighted by Gasteiger charge is 2.34. The SMILES string of the molecule is O=C(N/N=C\c1ccco1)[C@H]1CC(=O)N(c2ccccc2)C1. The number of hydrogen-bond donors (Lipinski definition) is 1. The molecule has 0 unspecified atom stereocenters. The van der Waals surface area contributed by atoms with Gasteiger partial charge in [-0.3, -0.25) is 9.59 Å². The second kappa shape index (κ2) is 6.26. The van der Waals surface area contributed by atoms with E-state index < -0.39 is 5.92 Å². The molecule has 1 atom stereocenters. The monoisotopic (exact) mass is 297 g/mol. The maximum Gasteiger partial charge on any atom is 0.245 e. The second-order valence-corrected chi connectivity index (χ2v) is 4.99. The Kier molecular flexibility index (Phi) is 4.00. The van der Waals surface area contributed by atoms with Crippen molar-refractivity contribution in [1.29, 1.82) is 0 Å². The van der Waals surface area contributed by atoms with Crippen LogP contribution in [0.5, 0.6) is 0 Å². The minimum Gasteiger partial charge on any atom is -0.463 e. The summed E-state index contributed by atoms with van der Waals surface area (Å²) >= 11 is 0. The zero-order valence-corrected chi connectivity index (χ0v) is 11.8. The third-order valence-corrected chi connectivity index (χ3v) is 3.47. The molecule has 6 heteroatoms. The van der Waals surface area contributed by atoms with Crippen molar-refractivity contribution in [1.82, 2.24) is 5.43 Å². The summed E-state index contributed by atoms with van der Waals surface area (Å²) < 4.78 is 5.07. The van der Waals surface area contributed by atoms with Crippen LogP contribution in [-0.2, 0) is 9.59 Å². The minimum atomic E-state index is -0.401. The number of furan rings is 1. The molecule has 0 aliphatic carbocycles. The summed E-state index contributed by atoms with van der Waals surface area (Å²) in [6.07, 6.45) is 3.14. The normalized spacial score (nSPS) is 18.1. The summed E-state index contributed by atoms with van der Waals surface area (Å²) in [4.78, 5) is 25.7. The fraction of sp³-hybridized carbons (Fsp3) is 0.188. The lowest BCUT2D eigenvalue weighted by molar-refractivity contribution is -0.126. The number of para-hydroxylation sites is 1. The van der Waals surface area contributed by atoms with E-state index in [-0.39, 0.29) is 18.2 Å². The number of rotatable bonds is 4. The molecule has 0 radical (unpaired) electrons. The Morgan fingerprint density at radius 3 is 2.82 bits per heavy atom. The van der Waals surface area contributed by atoms with E-state index in [1.54, 1.807) is 17.0 Å². The van der Waals surface area contributed by atoms with Gasteiger partial charge >= 0.3 is 0 Å². The number of nitrogens with one attached hydrogen (secondary N) is 1. The van der Waals surface area contributed by atoms with E-state index in [0.717, 1.165) is 5.69 Å². The van der Waals surface area contributed by atoms with Gasteiger partial charge in [-0.1, -0.05) is 18.2 Å². The van der Waals surface area contributed by atoms with Crippen molar-refractivity contribution < 1.29 is 14.0 Å². The van der Waals surface area contributed by atoms with E-state index in [0.29, 0.717) is 12.3 Å². The second-order valence-electron chi connectivity index (χ2n) is 4.99. The molecule has 1 saturated heterocycles. The van der Waals surface area contributed by atoms with Gasteiger partial charge in [-0.15, -0.1) is 0 Å². The molecule has 1 fully saturated rings. The van der Waals surface area contributed by atoms with E-state index in [1.165, 1.54) is 12.5 Å². The summed E-state index contributed by atoms with van der Waals surface area (Å²) in [7, 11) is 0. The average Bonchev–Trinajstić information content (AvgIpc) is 3.17. The standard InChI is InChI=1S/C16H15N3O3/c20-15-9-12(11-19(15)13-5-2-1-3-6-13)16(21)18-17-10-14-7-4-8-22-14/h1-8,10,12H,9,11H2,(H,18,21)/b17-10-/t12-/m0/s1. The molecule has 2 heterocycles. The van der Waals surface area contributed by atoms with Crippen LogP contribution in [0, 0.1) is 5.92 Å². The molecule has 1 aliphatic heterocycles. The maximum atomic E-state index is 12.1. The quantitative estimate of drug-likeness (QED) is 0.690. The molecule has 112 valence electrons. The van der Waals surface area contributed by atoms with Crippen LogP contribution in [-0.4, -0.2) is 24.6 Å². The average molecular weight is 297 g/mol. The molecule has 3 rings (SSSR count). The molecule has 0 saturated carbocycles. The number of anilines is 1. The van der Waals surface area contributed by atoms with Crippen molar-refractivity contribution in [3.05, 3.63) is 54.5 Å². The van der Waals surface area contributed by atoms with E-state index in [1.807, 2.05) is 30.3 Å². The van der Waals surface area contributed by atoms with E-state index in [2.05, 4.69) is 10.5 Å². The Hall–Kier alpha value is -2.89. The Morgan fingerprint density at radius 1 is 1.27 bits per heavy atom. The first-order valence-corrected chi connectivity index (χ1v) is 6.96. The van der Waals surface area contributed by atoms with Gasteiger partial charge < -0.3 is 9.32 Å². The molecule has 0 bridgehead atoms. The Balaban J connectivity index is 1.59. The highest BCUT2D eigenvalue weighted by atomic mass is 16.3. The van der Waals surface area contributed by atoms with Crippen LogP contribution in [0.4, 0.5) is 5.69 Å². The van der Waals surface area contributed by atoms with Crippen molar-refractivity contribution in [2.45, 2.75) is 6.42 Å². The lowest BCUT2D eigenvalue weighted by Crippen LogP contribution is -2.30. The van der Waals surface area contributed by atoms with Gasteiger partial charge in [0.05, 0.1) is 18.4 Å². The third-order valence-electron chi connectivity index (χ3n) is 3.47. The molecule has 1 aromatic heterocycles. The number of carbonyl (C=O) groups is 2. The van der Waals surface area contributed by atoms with Crippen LogP contribution in [0.1, 0.15) is 12.2 Å². The summed E-state index contributed by atoms with van der Waals surface area (Å²) in [6.45, 7) is 0.366. The summed E-state index contributed by atoms with van der Waals surface area (Å²) in [6, 6.07) is 12.8. The van der Waals surface area contributed by atoms with Crippen molar-refractivity contribution in [3.8, 4) is 0 Å². The van der Waals surface area contributed by atoms with Crippen molar-refractivity contribution >= 4 is 23.7 Å². The molecular weight excluding hydrogens is 282 g/mol. The first-order chi connectivity index (χ1) is 10.7. The van der Waals surface area contributed by atoms with Gasteiger partial charge in [0.15, 0.2) is 0 Å². The largest absolute Gasteiger partial charge is 0.463 e. The van der Waals surface area contributed by atoms with Gasteiger partial charge in [-0.05, 0) is 24.3 Å². The molecular formula is C16H15N3O3. The van der Waals surface area contributed by atoms with Crippen LogP contribution >= 0.6 is 0 Å². The topological polar surface area (TPSA) is 74.9 Å². The molecule has 1 aromatic carbocycles. The Labute approximate surface area is 127 Å². The molecule has 22 heavy (non-hydrogen) atoms. The number of hydrogen-bond acceptors (Lipinski definition) is 4. The fourth-order valence-electron chi connectivity index (χ4n) is 2.36. The lowest BCUT2D eigenvalue weighted by Gasteiger charge is -2.16. The fourth-order valence-corrected chi connectivity index (χ4v) is 2.36. The number of hydrazone groups is 1. The van der Waals surface area contributed by atoms with Gasteiger partial charge in [-0.2, -0.15) is 5.10 Å². The van der Waals surface area contributed by atoms with Crippen molar-refractivity contribution in [3.63, 3.8) is 0 Å². The number of nitrogens with zero attached hydrogens (tertiary/aromatic N) is 2. The molecule has 0 spiro atoms. The molecule has 2 aromatic rings. The van der Waals surface area contributed by atoms with E-state index >= 15 is 0 Å². The maximum absolute atomic E-state index is 12.1. The van der Waals surface area contributed by atoms with Gasteiger partial charge in [0.1, 0.15) is 5.76 Å². The molecule has 1 aliphatic rings. The number of benzene rings is 1. The zero-order chi connectivity index (χ0) is 15.4. The molecule has 1 N–H and O–H groups in total. The van der Waals surface area contributed by atoms with Crippen LogP contribution < -0.4 is 10.3 Å². The summed E-state index contributed by atoms with van der Waals surface area (Å²) in [5, 5.41) is 3.83. The smallest absolute Gasteiger partial charge is 0.245 e. The van der Waals surface area contributed by atoms with E-state index in [4.69, 9.17) is 4.42 Å². The zero-order valence-electron chi connectivity index (χ0n) is 11.8. The van der Waals surface area contributed by atoms with Crippen LogP contribution in [0.25, 0.3) is 0 Å². The van der Waals surface area contributed by atoms with Crippen LogP contribution in [0.2, 0.25) is 0 Å². The van der Waals surface area contributed by atoms with E-state index in [9.17, 15) is 9.59 Å². The Bertz CT molecular complexity index is 680. The van der Waals surface area contributed by atoms with Gasteiger partial charge in [0, 0.05) is 18.7 Å². The summed E-state index contributed by atoms with van der Waals surface area (Å²) in [5.74, 6) is -0.175.